The van der Waals surface area contributed by atoms with Crippen molar-refractivity contribution in [2.75, 3.05) is 24.5 Å². The molecule has 1 aromatic heterocycles. The van der Waals surface area contributed by atoms with Crippen LogP contribution in [0.25, 0.3) is 0 Å². The van der Waals surface area contributed by atoms with E-state index in [0.717, 1.165) is 30.3 Å². The maximum atomic E-state index is 13.1. The largest absolute Gasteiger partial charge is 0.369 e. The smallest absolute Gasteiger partial charge is 0.245 e. The fraction of sp³-hybridized carbons (Fsp3) is 0.524. The standard InChI is InChI=1S/C21H27N5O2S/c1-14-4-6-15(7-5-14)13-18-23-21(29-24-18)26-10-2-3-17(26)20(28)25-11-8-16(9-12-25)19(22)27/h4-7,16-17H,2-3,8-13H2,1H3,(H2,22,27). The van der Waals surface area contributed by atoms with Crippen molar-refractivity contribution < 1.29 is 9.59 Å². The molecule has 0 saturated carbocycles. The zero-order valence-electron chi connectivity index (χ0n) is 16.7. The number of hydrogen-bond acceptors (Lipinski definition) is 6. The third-order valence-corrected chi connectivity index (χ3v) is 6.72. The number of carbonyl (C=O) groups is 2. The van der Waals surface area contributed by atoms with Crippen molar-refractivity contribution in [2.45, 2.75) is 45.1 Å². The molecule has 2 N–H and O–H groups in total. The molecule has 1 unspecified atom stereocenters. The number of benzene rings is 1. The summed E-state index contributed by atoms with van der Waals surface area (Å²) in [5, 5.41) is 0.829. The maximum absolute atomic E-state index is 13.1. The Bertz CT molecular complexity index is 873. The van der Waals surface area contributed by atoms with Gasteiger partial charge in [0.1, 0.15) is 11.9 Å². The zero-order chi connectivity index (χ0) is 20.4. The lowest BCUT2D eigenvalue weighted by atomic mass is 9.96. The van der Waals surface area contributed by atoms with Gasteiger partial charge in [-0.3, -0.25) is 9.59 Å². The van der Waals surface area contributed by atoms with Crippen LogP contribution in [0.2, 0.25) is 0 Å². The third-order valence-electron chi connectivity index (χ3n) is 5.93. The molecule has 154 valence electrons. The maximum Gasteiger partial charge on any atom is 0.245 e. The Balaban J connectivity index is 1.41. The van der Waals surface area contributed by atoms with E-state index in [-0.39, 0.29) is 23.8 Å². The highest BCUT2D eigenvalue weighted by Gasteiger charge is 2.37. The Morgan fingerprint density at radius 2 is 1.86 bits per heavy atom. The van der Waals surface area contributed by atoms with Gasteiger partial charge < -0.3 is 15.5 Å². The summed E-state index contributed by atoms with van der Waals surface area (Å²) >= 11 is 1.37. The highest BCUT2D eigenvalue weighted by molar-refractivity contribution is 7.09. The van der Waals surface area contributed by atoms with Gasteiger partial charge in [-0.2, -0.15) is 4.37 Å². The number of piperidine rings is 1. The van der Waals surface area contributed by atoms with Crippen LogP contribution in [0.5, 0.6) is 0 Å². The average molecular weight is 414 g/mol. The van der Waals surface area contributed by atoms with E-state index in [1.165, 1.54) is 22.7 Å². The summed E-state index contributed by atoms with van der Waals surface area (Å²) in [7, 11) is 0. The number of aryl methyl sites for hydroxylation is 1. The molecule has 0 spiro atoms. The Kier molecular flexibility index (Phi) is 5.80. The second kappa shape index (κ2) is 8.49. The first-order chi connectivity index (χ1) is 14.0. The predicted molar refractivity (Wildman–Crippen MR) is 113 cm³/mol. The molecule has 2 aromatic rings. The molecule has 29 heavy (non-hydrogen) atoms. The number of nitrogens with zero attached hydrogens (tertiary/aromatic N) is 4. The minimum atomic E-state index is -0.255. The van der Waals surface area contributed by atoms with E-state index in [2.05, 4.69) is 40.5 Å². The van der Waals surface area contributed by atoms with Crippen molar-refractivity contribution in [3.8, 4) is 0 Å². The number of anilines is 1. The Morgan fingerprint density at radius 3 is 2.55 bits per heavy atom. The minimum Gasteiger partial charge on any atom is -0.369 e. The Labute approximate surface area is 175 Å². The van der Waals surface area contributed by atoms with Crippen LogP contribution in [0.4, 0.5) is 5.13 Å². The van der Waals surface area contributed by atoms with Gasteiger partial charge in [-0.1, -0.05) is 29.8 Å². The lowest BCUT2D eigenvalue weighted by Crippen LogP contribution is -2.49. The predicted octanol–water partition coefficient (Wildman–Crippen LogP) is 2.13. The SMILES string of the molecule is Cc1ccc(Cc2nsc(N3CCCC3C(=O)N3CCC(C(N)=O)CC3)n2)cc1. The van der Waals surface area contributed by atoms with Crippen molar-refractivity contribution in [1.29, 1.82) is 0 Å². The molecule has 7 nitrogen and oxygen atoms in total. The molecule has 2 aliphatic heterocycles. The van der Waals surface area contributed by atoms with Gasteiger partial charge in [-0.25, -0.2) is 4.98 Å². The van der Waals surface area contributed by atoms with E-state index in [0.29, 0.717) is 32.4 Å². The van der Waals surface area contributed by atoms with Crippen molar-refractivity contribution in [3.05, 3.63) is 41.2 Å². The van der Waals surface area contributed by atoms with E-state index in [4.69, 9.17) is 10.7 Å². The normalized spacial score (nSPS) is 20.2. The fourth-order valence-electron chi connectivity index (χ4n) is 4.17. The Hall–Kier alpha value is -2.48. The van der Waals surface area contributed by atoms with Crippen LogP contribution in [0.3, 0.4) is 0 Å². The molecule has 3 heterocycles. The minimum absolute atomic E-state index is 0.105. The van der Waals surface area contributed by atoms with Crippen LogP contribution in [0, 0.1) is 12.8 Å². The summed E-state index contributed by atoms with van der Waals surface area (Å²) in [6.45, 7) is 4.11. The third kappa shape index (κ3) is 4.42. The van der Waals surface area contributed by atoms with Crippen molar-refractivity contribution >= 4 is 28.5 Å². The summed E-state index contributed by atoms with van der Waals surface area (Å²) in [6.07, 6.45) is 3.83. The monoisotopic (exact) mass is 413 g/mol. The molecule has 2 aliphatic rings. The molecule has 0 bridgehead atoms. The first-order valence-electron chi connectivity index (χ1n) is 10.2. The molecule has 0 aliphatic carbocycles. The number of primary amides is 1. The molecule has 4 rings (SSSR count). The van der Waals surface area contributed by atoms with Gasteiger partial charge in [0.25, 0.3) is 0 Å². The molecule has 2 saturated heterocycles. The summed E-state index contributed by atoms with van der Waals surface area (Å²) in [5.74, 6) is 0.579. The average Bonchev–Trinajstić information content (AvgIpc) is 3.38. The Morgan fingerprint density at radius 1 is 1.14 bits per heavy atom. The number of nitrogens with two attached hydrogens (primary N) is 1. The number of amides is 2. The van der Waals surface area contributed by atoms with Gasteiger partial charge in [0.05, 0.1) is 0 Å². The van der Waals surface area contributed by atoms with Gasteiger partial charge in [0, 0.05) is 43.5 Å². The lowest BCUT2D eigenvalue weighted by Gasteiger charge is -2.34. The highest BCUT2D eigenvalue weighted by Crippen LogP contribution is 2.29. The highest BCUT2D eigenvalue weighted by atomic mass is 32.1. The van der Waals surface area contributed by atoms with E-state index < -0.39 is 0 Å². The first kappa shape index (κ1) is 19.8. The van der Waals surface area contributed by atoms with Crippen LogP contribution < -0.4 is 10.6 Å². The second-order valence-corrected chi connectivity index (χ2v) is 8.74. The number of likely N-dealkylation sites (tertiary alicyclic amines) is 1. The van der Waals surface area contributed by atoms with E-state index >= 15 is 0 Å². The molecular formula is C21H27N5O2S. The lowest BCUT2D eigenvalue weighted by molar-refractivity contribution is -0.135. The van der Waals surface area contributed by atoms with Crippen LogP contribution in [-0.2, 0) is 16.0 Å². The molecule has 8 heteroatoms. The second-order valence-electron chi connectivity index (χ2n) is 8.01. The number of rotatable bonds is 5. The van der Waals surface area contributed by atoms with Gasteiger partial charge in [-0.05, 0) is 38.2 Å². The molecule has 1 aromatic carbocycles. The first-order valence-corrected chi connectivity index (χ1v) is 11.0. The molecule has 2 amide bonds. The molecule has 0 radical (unpaired) electrons. The summed E-state index contributed by atoms with van der Waals surface area (Å²) < 4.78 is 4.53. The molecule has 1 atom stereocenters. The van der Waals surface area contributed by atoms with Crippen LogP contribution >= 0.6 is 11.5 Å². The van der Waals surface area contributed by atoms with Gasteiger partial charge in [0.15, 0.2) is 0 Å². The van der Waals surface area contributed by atoms with E-state index in [1.54, 1.807) is 0 Å². The van der Waals surface area contributed by atoms with Crippen molar-refractivity contribution in [3.63, 3.8) is 0 Å². The quantitative estimate of drug-likeness (QED) is 0.811. The number of hydrogen-bond donors (Lipinski definition) is 1. The molecular weight excluding hydrogens is 386 g/mol. The van der Waals surface area contributed by atoms with Crippen molar-refractivity contribution in [2.24, 2.45) is 11.7 Å². The van der Waals surface area contributed by atoms with Gasteiger partial charge >= 0.3 is 0 Å². The van der Waals surface area contributed by atoms with E-state index in [9.17, 15) is 9.59 Å². The molecule has 2 fully saturated rings. The summed E-state index contributed by atoms with van der Waals surface area (Å²) in [4.78, 5) is 33.2. The van der Waals surface area contributed by atoms with Gasteiger partial charge in [0.2, 0.25) is 16.9 Å². The fourth-order valence-corrected chi connectivity index (χ4v) is 4.93. The number of carbonyl (C=O) groups excluding carboxylic acids is 2. The zero-order valence-corrected chi connectivity index (χ0v) is 17.5. The number of aromatic nitrogens is 2. The van der Waals surface area contributed by atoms with Gasteiger partial charge in [-0.15, -0.1) is 0 Å². The van der Waals surface area contributed by atoms with Crippen LogP contribution in [0.15, 0.2) is 24.3 Å². The summed E-state index contributed by atoms with van der Waals surface area (Å²) in [6, 6.07) is 8.22. The summed E-state index contributed by atoms with van der Waals surface area (Å²) in [5.41, 5.74) is 7.83. The van der Waals surface area contributed by atoms with Crippen molar-refractivity contribution in [1.82, 2.24) is 14.3 Å². The van der Waals surface area contributed by atoms with E-state index in [1.807, 2.05) is 4.90 Å². The van der Waals surface area contributed by atoms with Crippen LogP contribution in [0.1, 0.15) is 42.6 Å². The topological polar surface area (TPSA) is 92.4 Å². The van der Waals surface area contributed by atoms with Crippen LogP contribution in [-0.4, -0.2) is 51.7 Å².